The van der Waals surface area contributed by atoms with Crippen molar-refractivity contribution in [2.75, 3.05) is 0 Å². The summed E-state index contributed by atoms with van der Waals surface area (Å²) in [4.78, 5) is 36.6. The zero-order valence-corrected chi connectivity index (χ0v) is 23.6. The second kappa shape index (κ2) is 17.4. The van der Waals surface area contributed by atoms with Crippen LogP contribution in [0.1, 0.15) is 125 Å². The van der Waals surface area contributed by atoms with E-state index in [1.54, 1.807) is 0 Å². The Bertz CT molecular complexity index is 1060. The molecule has 2 aromatic rings. The molecule has 2 rings (SSSR count). The first-order valence-electron chi connectivity index (χ1n) is 14.4. The third kappa shape index (κ3) is 10.8. The number of unbranched alkanes of at least 4 members (excludes halogenated alkanes) is 9. The van der Waals surface area contributed by atoms with E-state index < -0.39 is 29.3 Å². The molecule has 0 saturated heterocycles. The fourth-order valence-corrected chi connectivity index (χ4v) is 4.42. The number of halogens is 1. The maximum absolute atomic E-state index is 15.3. The van der Waals surface area contributed by atoms with Crippen LogP contribution in [0.25, 0.3) is 11.1 Å². The Morgan fingerprint density at radius 2 is 1.41 bits per heavy atom. The van der Waals surface area contributed by atoms with Crippen LogP contribution in [0.4, 0.5) is 4.39 Å². The number of aromatic carboxylic acids is 1. The predicted octanol–water partition coefficient (Wildman–Crippen LogP) is 8.75. The van der Waals surface area contributed by atoms with Gasteiger partial charge in [-0.3, -0.25) is 4.79 Å². The van der Waals surface area contributed by atoms with Gasteiger partial charge in [0.2, 0.25) is 0 Å². The lowest BCUT2D eigenvalue weighted by Crippen LogP contribution is -2.15. The van der Waals surface area contributed by atoms with Crippen molar-refractivity contribution in [2.24, 2.45) is 0 Å². The van der Waals surface area contributed by atoms with Gasteiger partial charge in [-0.1, -0.05) is 83.8 Å². The molecule has 0 saturated carbocycles. The highest BCUT2D eigenvalue weighted by molar-refractivity contribution is 5.93. The van der Waals surface area contributed by atoms with Gasteiger partial charge in [0.25, 0.3) is 0 Å². The maximum Gasteiger partial charge on any atom is 0.338 e. The Labute approximate surface area is 231 Å². The third-order valence-electron chi connectivity index (χ3n) is 6.72. The summed E-state index contributed by atoms with van der Waals surface area (Å²) < 4.78 is 26.3. The van der Waals surface area contributed by atoms with Crippen LogP contribution in [0, 0.1) is 5.82 Å². The number of esters is 2. The summed E-state index contributed by atoms with van der Waals surface area (Å²) in [6, 6.07) is 8.38. The van der Waals surface area contributed by atoms with Gasteiger partial charge in [0.05, 0.1) is 22.8 Å². The zero-order chi connectivity index (χ0) is 28.6. The molecule has 1 atom stereocenters. The molecular weight excluding hydrogens is 499 g/mol. The molecule has 7 heteroatoms. The Kier molecular flexibility index (Phi) is 14.3. The fraction of sp³-hybridized carbons (Fsp3) is 0.531. The Morgan fingerprint density at radius 3 is 2.03 bits per heavy atom. The molecule has 0 aromatic heterocycles. The molecule has 0 amide bonds. The average Bonchev–Trinajstić information content (AvgIpc) is 2.90. The Balaban J connectivity index is 2.10. The van der Waals surface area contributed by atoms with Gasteiger partial charge in [0.15, 0.2) is 0 Å². The van der Waals surface area contributed by atoms with Gasteiger partial charge >= 0.3 is 17.9 Å². The van der Waals surface area contributed by atoms with Crippen molar-refractivity contribution in [3.63, 3.8) is 0 Å². The molecular formula is C32H43FO6. The number of ether oxygens (including phenoxy) is 2. The molecule has 0 spiro atoms. The van der Waals surface area contributed by atoms with Crippen LogP contribution in [-0.4, -0.2) is 29.1 Å². The van der Waals surface area contributed by atoms with E-state index in [-0.39, 0.29) is 23.8 Å². The summed E-state index contributed by atoms with van der Waals surface area (Å²) in [5, 5.41) is 9.41. The van der Waals surface area contributed by atoms with Crippen molar-refractivity contribution < 1.29 is 33.4 Å². The van der Waals surface area contributed by atoms with Gasteiger partial charge in [-0.2, -0.15) is 0 Å². The van der Waals surface area contributed by atoms with E-state index in [1.807, 2.05) is 6.92 Å². The minimum absolute atomic E-state index is 0.0542. The standard InChI is InChI=1S/C32H43FO6/c1-4-6-8-10-11-12-14-16-28(34)39-27-22-21-26(31(35)36)30(33)29(27)24-17-19-25(20-18-24)32(37)38-23(3)15-13-9-7-5-2/h17-23H,4-16H2,1-3H3,(H,35,36)/t23-/m1/s1. The van der Waals surface area contributed by atoms with Gasteiger partial charge in [-0.05, 0) is 56.0 Å². The third-order valence-corrected chi connectivity index (χ3v) is 6.72. The van der Waals surface area contributed by atoms with Gasteiger partial charge in [-0.15, -0.1) is 0 Å². The van der Waals surface area contributed by atoms with Crippen LogP contribution in [0.15, 0.2) is 36.4 Å². The van der Waals surface area contributed by atoms with Gasteiger partial charge in [0, 0.05) is 6.42 Å². The number of benzene rings is 2. The normalized spacial score (nSPS) is 11.7. The fourth-order valence-electron chi connectivity index (χ4n) is 4.42. The van der Waals surface area contributed by atoms with E-state index in [4.69, 9.17) is 9.47 Å². The molecule has 39 heavy (non-hydrogen) atoms. The molecule has 0 aliphatic carbocycles. The minimum Gasteiger partial charge on any atom is -0.478 e. The van der Waals surface area contributed by atoms with E-state index in [0.717, 1.165) is 57.4 Å². The summed E-state index contributed by atoms with van der Waals surface area (Å²) in [7, 11) is 0. The van der Waals surface area contributed by atoms with E-state index in [2.05, 4.69) is 13.8 Å². The average molecular weight is 543 g/mol. The van der Waals surface area contributed by atoms with Crippen LogP contribution in [-0.2, 0) is 9.53 Å². The highest BCUT2D eigenvalue weighted by Crippen LogP contribution is 2.35. The van der Waals surface area contributed by atoms with Gasteiger partial charge in [0.1, 0.15) is 11.6 Å². The monoisotopic (exact) mass is 542 g/mol. The molecule has 1 N–H and O–H groups in total. The second-order valence-electron chi connectivity index (χ2n) is 10.1. The molecule has 214 valence electrons. The van der Waals surface area contributed by atoms with E-state index in [0.29, 0.717) is 17.5 Å². The number of carboxylic acids is 1. The molecule has 0 bridgehead atoms. The SMILES string of the molecule is CCCCCCCCCC(=O)Oc1ccc(C(=O)O)c(F)c1-c1ccc(C(=O)O[C@H](C)CCCCCC)cc1. The molecule has 0 aliphatic rings. The summed E-state index contributed by atoms with van der Waals surface area (Å²) in [6.07, 6.45) is 12.5. The Morgan fingerprint density at radius 1 is 0.821 bits per heavy atom. The van der Waals surface area contributed by atoms with E-state index in [1.165, 1.54) is 49.6 Å². The van der Waals surface area contributed by atoms with Crippen LogP contribution >= 0.6 is 0 Å². The highest BCUT2D eigenvalue weighted by atomic mass is 19.1. The van der Waals surface area contributed by atoms with Crippen LogP contribution in [0.3, 0.4) is 0 Å². The molecule has 6 nitrogen and oxygen atoms in total. The van der Waals surface area contributed by atoms with Crippen molar-refractivity contribution in [3.8, 4) is 16.9 Å². The van der Waals surface area contributed by atoms with Gasteiger partial charge < -0.3 is 14.6 Å². The van der Waals surface area contributed by atoms with E-state index in [9.17, 15) is 19.5 Å². The number of carbonyl (C=O) groups excluding carboxylic acids is 2. The minimum atomic E-state index is -1.43. The van der Waals surface area contributed by atoms with Crippen molar-refractivity contribution in [3.05, 3.63) is 53.3 Å². The van der Waals surface area contributed by atoms with Crippen molar-refractivity contribution in [1.29, 1.82) is 0 Å². The summed E-state index contributed by atoms with van der Waals surface area (Å²) in [5.74, 6) is -3.46. The molecule has 0 heterocycles. The topological polar surface area (TPSA) is 89.9 Å². The number of carboxylic acid groups (broad SMARTS) is 1. The molecule has 2 aromatic carbocycles. The Hall–Kier alpha value is -3.22. The zero-order valence-electron chi connectivity index (χ0n) is 23.6. The lowest BCUT2D eigenvalue weighted by Gasteiger charge is -2.15. The molecule has 0 radical (unpaired) electrons. The van der Waals surface area contributed by atoms with Crippen LogP contribution in [0.5, 0.6) is 5.75 Å². The number of hydrogen-bond acceptors (Lipinski definition) is 5. The largest absolute Gasteiger partial charge is 0.478 e. The predicted molar refractivity (Wildman–Crippen MR) is 151 cm³/mol. The van der Waals surface area contributed by atoms with Crippen molar-refractivity contribution >= 4 is 17.9 Å². The van der Waals surface area contributed by atoms with Crippen LogP contribution < -0.4 is 4.74 Å². The lowest BCUT2D eigenvalue weighted by atomic mass is 9.99. The van der Waals surface area contributed by atoms with E-state index >= 15 is 4.39 Å². The number of rotatable bonds is 18. The smallest absolute Gasteiger partial charge is 0.338 e. The number of hydrogen-bond donors (Lipinski definition) is 1. The molecule has 0 fully saturated rings. The molecule has 0 aliphatic heterocycles. The van der Waals surface area contributed by atoms with Crippen LogP contribution in [0.2, 0.25) is 0 Å². The second-order valence-corrected chi connectivity index (χ2v) is 10.1. The van der Waals surface area contributed by atoms with Gasteiger partial charge in [-0.25, -0.2) is 14.0 Å². The maximum atomic E-state index is 15.3. The van der Waals surface area contributed by atoms with Crippen molar-refractivity contribution in [2.45, 2.75) is 110 Å². The lowest BCUT2D eigenvalue weighted by molar-refractivity contribution is -0.134. The number of carbonyl (C=O) groups is 3. The first-order chi connectivity index (χ1) is 18.8. The highest BCUT2D eigenvalue weighted by Gasteiger charge is 2.22. The quantitative estimate of drug-likeness (QED) is 0.115. The summed E-state index contributed by atoms with van der Waals surface area (Å²) >= 11 is 0. The summed E-state index contributed by atoms with van der Waals surface area (Å²) in [5.41, 5.74) is -0.0748. The first kappa shape index (κ1) is 32.0. The summed E-state index contributed by atoms with van der Waals surface area (Å²) in [6.45, 7) is 6.16. The van der Waals surface area contributed by atoms with Crippen molar-refractivity contribution in [1.82, 2.24) is 0 Å². The first-order valence-corrected chi connectivity index (χ1v) is 14.4. The molecule has 0 unspecified atom stereocenters.